The summed E-state index contributed by atoms with van der Waals surface area (Å²) in [6, 6.07) is 12.2. The lowest BCUT2D eigenvalue weighted by Crippen LogP contribution is -2.03. The van der Waals surface area contributed by atoms with Crippen LogP contribution in [-0.2, 0) is 0 Å². The van der Waals surface area contributed by atoms with E-state index in [4.69, 9.17) is 4.74 Å². The van der Waals surface area contributed by atoms with Crippen LogP contribution < -0.4 is 4.74 Å². The first kappa shape index (κ1) is 13.0. The minimum absolute atomic E-state index is 0.701. The lowest BCUT2D eigenvalue weighted by molar-refractivity contribution is 0.339. The van der Waals surface area contributed by atoms with Gasteiger partial charge in [-0.2, -0.15) is 0 Å². The van der Waals surface area contributed by atoms with E-state index in [-0.39, 0.29) is 0 Å². The summed E-state index contributed by atoms with van der Waals surface area (Å²) in [4.78, 5) is 4.27. The number of rotatable bonds is 5. The average molecular weight is 259 g/mol. The second kappa shape index (κ2) is 6.45. The second-order valence-corrected chi connectivity index (χ2v) is 5.20. The molecule has 1 aromatic carbocycles. The number of hydrogen-bond acceptors (Lipinski definition) is 3. The van der Waals surface area contributed by atoms with Crippen LogP contribution in [0.5, 0.6) is 5.75 Å². The number of nitrogens with zero attached hydrogens (tertiary/aromatic N) is 1. The van der Waals surface area contributed by atoms with Crippen LogP contribution in [0.2, 0.25) is 0 Å². The number of thioether (sulfide) groups is 1. The zero-order chi connectivity index (χ0) is 12.8. The van der Waals surface area contributed by atoms with Gasteiger partial charge in [-0.15, -0.1) is 11.8 Å². The number of ether oxygens (including phenoxy) is 1. The maximum Gasteiger partial charge on any atom is 0.125 e. The molecule has 0 N–H and O–H groups in total. The summed E-state index contributed by atoms with van der Waals surface area (Å²) in [5.74, 6) is 1.92. The summed E-state index contributed by atoms with van der Waals surface area (Å²) >= 11 is 1.72. The molecular weight excluding hydrogens is 242 g/mol. The minimum atomic E-state index is 0.701. The molecule has 18 heavy (non-hydrogen) atoms. The monoisotopic (exact) mass is 259 g/mol. The van der Waals surface area contributed by atoms with Crippen LogP contribution in [0.15, 0.2) is 47.6 Å². The Labute approximate surface area is 112 Å². The fraction of sp³-hybridized carbons (Fsp3) is 0.267. The van der Waals surface area contributed by atoms with Gasteiger partial charge in [-0.25, -0.2) is 4.98 Å². The third-order valence-electron chi connectivity index (χ3n) is 2.63. The maximum absolute atomic E-state index is 5.84. The van der Waals surface area contributed by atoms with E-state index in [9.17, 15) is 0 Å². The molecule has 0 unspecified atom stereocenters. The quantitative estimate of drug-likeness (QED) is 0.601. The molecule has 2 rings (SSSR count). The fourth-order valence-electron chi connectivity index (χ4n) is 1.75. The number of pyridine rings is 1. The van der Waals surface area contributed by atoms with Gasteiger partial charge in [-0.1, -0.05) is 24.3 Å². The van der Waals surface area contributed by atoms with Gasteiger partial charge in [-0.05, 0) is 37.1 Å². The van der Waals surface area contributed by atoms with E-state index >= 15 is 0 Å². The van der Waals surface area contributed by atoms with Gasteiger partial charge >= 0.3 is 0 Å². The van der Waals surface area contributed by atoms with Crippen LogP contribution in [0.1, 0.15) is 11.1 Å². The van der Waals surface area contributed by atoms with E-state index in [0.29, 0.717) is 6.61 Å². The van der Waals surface area contributed by atoms with Crippen molar-refractivity contribution in [3.05, 3.63) is 53.7 Å². The Bertz CT molecular complexity index is 479. The predicted molar refractivity (Wildman–Crippen MR) is 76.4 cm³/mol. The summed E-state index contributed by atoms with van der Waals surface area (Å²) in [5, 5.41) is 1.04. The predicted octanol–water partition coefficient (Wildman–Crippen LogP) is 3.87. The molecule has 0 amide bonds. The van der Waals surface area contributed by atoms with Gasteiger partial charge in [0.1, 0.15) is 5.75 Å². The zero-order valence-corrected chi connectivity index (χ0v) is 11.5. The number of para-hydroxylation sites is 1. The Hall–Kier alpha value is -1.48. The molecule has 1 heterocycles. The molecule has 0 spiro atoms. The Balaban J connectivity index is 1.82. The van der Waals surface area contributed by atoms with Crippen LogP contribution >= 0.6 is 11.8 Å². The van der Waals surface area contributed by atoms with Crippen molar-refractivity contribution in [2.24, 2.45) is 0 Å². The summed E-state index contributed by atoms with van der Waals surface area (Å²) in [5.41, 5.74) is 2.38. The van der Waals surface area contributed by atoms with E-state index in [1.165, 1.54) is 11.1 Å². The third-order valence-corrected chi connectivity index (χ3v) is 3.53. The molecule has 0 aliphatic heterocycles. The van der Waals surface area contributed by atoms with Crippen LogP contribution in [0, 0.1) is 13.8 Å². The summed E-state index contributed by atoms with van der Waals surface area (Å²) in [6.07, 6.45) is 1.81. The van der Waals surface area contributed by atoms with Crippen LogP contribution in [-0.4, -0.2) is 17.3 Å². The Morgan fingerprint density at radius 2 is 1.83 bits per heavy atom. The van der Waals surface area contributed by atoms with Gasteiger partial charge in [0.2, 0.25) is 0 Å². The molecule has 1 aromatic heterocycles. The molecule has 0 radical (unpaired) electrons. The molecule has 0 saturated heterocycles. The molecule has 2 nitrogen and oxygen atoms in total. The second-order valence-electron chi connectivity index (χ2n) is 4.09. The molecule has 0 aliphatic rings. The van der Waals surface area contributed by atoms with Gasteiger partial charge < -0.3 is 4.74 Å². The summed E-state index contributed by atoms with van der Waals surface area (Å²) in [7, 11) is 0. The van der Waals surface area contributed by atoms with Gasteiger partial charge in [0.25, 0.3) is 0 Å². The van der Waals surface area contributed by atoms with E-state index in [1.807, 2.05) is 24.4 Å². The fourth-order valence-corrected chi connectivity index (χ4v) is 2.44. The molecule has 94 valence electrons. The molecule has 0 aliphatic carbocycles. The van der Waals surface area contributed by atoms with Crippen molar-refractivity contribution in [3.63, 3.8) is 0 Å². The molecule has 0 saturated carbocycles. The average Bonchev–Trinajstić information content (AvgIpc) is 2.38. The lowest BCUT2D eigenvalue weighted by Gasteiger charge is -2.11. The number of aromatic nitrogens is 1. The maximum atomic E-state index is 5.84. The number of hydrogen-bond donors (Lipinski definition) is 0. The Morgan fingerprint density at radius 1 is 1.06 bits per heavy atom. The first-order chi connectivity index (χ1) is 8.77. The van der Waals surface area contributed by atoms with Crippen LogP contribution in [0.25, 0.3) is 0 Å². The third kappa shape index (κ3) is 3.50. The highest BCUT2D eigenvalue weighted by atomic mass is 32.2. The molecule has 0 fully saturated rings. The summed E-state index contributed by atoms with van der Waals surface area (Å²) < 4.78 is 5.84. The Morgan fingerprint density at radius 3 is 2.50 bits per heavy atom. The largest absolute Gasteiger partial charge is 0.492 e. The molecule has 2 aromatic rings. The van der Waals surface area contributed by atoms with Gasteiger partial charge in [0.05, 0.1) is 11.6 Å². The minimum Gasteiger partial charge on any atom is -0.492 e. The van der Waals surface area contributed by atoms with Gasteiger partial charge in [0.15, 0.2) is 0 Å². The lowest BCUT2D eigenvalue weighted by atomic mass is 10.1. The van der Waals surface area contributed by atoms with Crippen molar-refractivity contribution in [1.29, 1.82) is 0 Å². The van der Waals surface area contributed by atoms with Gasteiger partial charge in [-0.3, -0.25) is 0 Å². The van der Waals surface area contributed by atoms with Crippen LogP contribution in [0.4, 0.5) is 0 Å². The first-order valence-electron chi connectivity index (χ1n) is 6.00. The molecule has 3 heteroatoms. The topological polar surface area (TPSA) is 22.1 Å². The van der Waals surface area contributed by atoms with E-state index in [2.05, 4.69) is 37.0 Å². The van der Waals surface area contributed by atoms with Crippen molar-refractivity contribution in [3.8, 4) is 5.75 Å². The molecule has 0 atom stereocenters. The molecular formula is C15H17NOS. The van der Waals surface area contributed by atoms with Crippen molar-refractivity contribution in [2.45, 2.75) is 18.9 Å². The number of benzene rings is 1. The SMILES string of the molecule is Cc1cccc(C)c1OCCSc1ccccn1. The molecule has 0 bridgehead atoms. The van der Waals surface area contributed by atoms with Crippen LogP contribution in [0.3, 0.4) is 0 Å². The Kier molecular flexibility index (Phi) is 4.65. The van der Waals surface area contributed by atoms with Crippen molar-refractivity contribution in [1.82, 2.24) is 4.98 Å². The first-order valence-corrected chi connectivity index (χ1v) is 6.99. The van der Waals surface area contributed by atoms with Crippen molar-refractivity contribution in [2.75, 3.05) is 12.4 Å². The zero-order valence-electron chi connectivity index (χ0n) is 10.7. The highest BCUT2D eigenvalue weighted by molar-refractivity contribution is 7.99. The normalized spacial score (nSPS) is 10.3. The standard InChI is InChI=1S/C15H17NOS/c1-12-6-5-7-13(2)15(12)17-10-11-18-14-8-3-4-9-16-14/h3-9H,10-11H2,1-2H3. The van der Waals surface area contributed by atoms with E-state index in [1.54, 1.807) is 11.8 Å². The van der Waals surface area contributed by atoms with E-state index in [0.717, 1.165) is 16.5 Å². The summed E-state index contributed by atoms with van der Waals surface area (Å²) in [6.45, 7) is 4.86. The smallest absolute Gasteiger partial charge is 0.125 e. The van der Waals surface area contributed by atoms with Crippen molar-refractivity contribution < 1.29 is 4.74 Å². The van der Waals surface area contributed by atoms with Crippen molar-refractivity contribution >= 4 is 11.8 Å². The highest BCUT2D eigenvalue weighted by Gasteiger charge is 2.02. The highest BCUT2D eigenvalue weighted by Crippen LogP contribution is 2.23. The number of aryl methyl sites for hydroxylation is 2. The van der Waals surface area contributed by atoms with E-state index < -0.39 is 0 Å². The van der Waals surface area contributed by atoms with Gasteiger partial charge in [0, 0.05) is 11.9 Å².